The second kappa shape index (κ2) is 4.40. The van der Waals surface area contributed by atoms with Gasteiger partial charge >= 0.3 is 0 Å². The molecule has 0 unspecified atom stereocenters. The number of hydrogen-bond donors (Lipinski definition) is 1. The molecule has 0 fully saturated rings. The summed E-state index contributed by atoms with van der Waals surface area (Å²) in [7, 11) is 1.61. The summed E-state index contributed by atoms with van der Waals surface area (Å²) in [5.41, 5.74) is 7.79. The number of fused-ring (bicyclic) bond motifs is 1. The number of methoxy groups -OCH3 is 1. The van der Waals surface area contributed by atoms with Crippen molar-refractivity contribution < 1.29 is 4.74 Å². The van der Waals surface area contributed by atoms with Crippen LogP contribution in [0.25, 0.3) is 16.9 Å². The summed E-state index contributed by atoms with van der Waals surface area (Å²) in [4.78, 5) is 12.2. The maximum Gasteiger partial charge on any atom is 0.207 e. The van der Waals surface area contributed by atoms with E-state index in [-0.39, 0.29) is 0 Å². The van der Waals surface area contributed by atoms with E-state index in [2.05, 4.69) is 15.0 Å². The molecule has 0 radical (unpaired) electrons. The van der Waals surface area contributed by atoms with E-state index in [0.29, 0.717) is 22.3 Å². The Labute approximate surface area is 113 Å². The average molecular weight is 276 g/mol. The van der Waals surface area contributed by atoms with Crippen LogP contribution in [-0.2, 0) is 0 Å². The van der Waals surface area contributed by atoms with E-state index in [0.717, 1.165) is 11.4 Å². The highest BCUT2D eigenvalue weighted by atomic mass is 35.5. The van der Waals surface area contributed by atoms with Crippen LogP contribution in [0.15, 0.2) is 30.6 Å². The summed E-state index contributed by atoms with van der Waals surface area (Å²) in [5, 5.41) is 0.310. The van der Waals surface area contributed by atoms with Crippen molar-refractivity contribution in [3.8, 4) is 11.4 Å². The fraction of sp³-hybridized carbons (Fsp3) is 0.0833. The molecule has 0 saturated carbocycles. The number of nitrogens with two attached hydrogens (primary N) is 1. The molecule has 0 saturated heterocycles. The summed E-state index contributed by atoms with van der Waals surface area (Å²) in [6, 6.07) is 7.38. The van der Waals surface area contributed by atoms with Gasteiger partial charge in [-0.2, -0.15) is 4.98 Å². The average Bonchev–Trinajstić information content (AvgIpc) is 2.76. The van der Waals surface area contributed by atoms with Gasteiger partial charge in [0.2, 0.25) is 5.95 Å². The predicted octanol–water partition coefficient (Wildman–Crippen LogP) is 2.06. The molecule has 0 atom stereocenters. The lowest BCUT2D eigenvalue weighted by Gasteiger charge is -2.07. The van der Waals surface area contributed by atoms with E-state index >= 15 is 0 Å². The van der Waals surface area contributed by atoms with E-state index in [4.69, 9.17) is 22.1 Å². The highest BCUT2D eigenvalue weighted by Gasteiger charge is 2.14. The third-order valence-corrected chi connectivity index (χ3v) is 3.04. The minimum Gasteiger partial charge on any atom is -0.497 e. The molecule has 2 aromatic heterocycles. The van der Waals surface area contributed by atoms with Gasteiger partial charge in [0.15, 0.2) is 10.8 Å². The van der Waals surface area contributed by atoms with Crippen LogP contribution in [0.1, 0.15) is 0 Å². The van der Waals surface area contributed by atoms with Gasteiger partial charge in [0.1, 0.15) is 17.6 Å². The van der Waals surface area contributed by atoms with Crippen molar-refractivity contribution in [2.45, 2.75) is 0 Å². The van der Waals surface area contributed by atoms with Gasteiger partial charge in [-0.3, -0.25) is 4.57 Å². The smallest absolute Gasteiger partial charge is 0.207 e. The van der Waals surface area contributed by atoms with E-state index in [9.17, 15) is 0 Å². The third-order valence-electron chi connectivity index (χ3n) is 2.76. The SMILES string of the molecule is COc1ccc(-n2c(N)nc3ncnc(Cl)c32)cc1. The first-order chi connectivity index (χ1) is 9.20. The monoisotopic (exact) mass is 275 g/mol. The number of nitrogen functional groups attached to an aromatic ring is 1. The van der Waals surface area contributed by atoms with Gasteiger partial charge in [-0.05, 0) is 24.3 Å². The van der Waals surface area contributed by atoms with Gasteiger partial charge in [-0.25, -0.2) is 9.97 Å². The van der Waals surface area contributed by atoms with Crippen molar-refractivity contribution in [1.82, 2.24) is 19.5 Å². The van der Waals surface area contributed by atoms with Gasteiger partial charge in [-0.1, -0.05) is 11.6 Å². The summed E-state index contributed by atoms with van der Waals surface area (Å²) in [6.45, 7) is 0. The van der Waals surface area contributed by atoms with Crippen LogP contribution in [-0.4, -0.2) is 26.6 Å². The molecule has 2 heterocycles. The fourth-order valence-electron chi connectivity index (χ4n) is 1.89. The molecule has 3 rings (SSSR count). The number of anilines is 1. The first-order valence-corrected chi connectivity index (χ1v) is 5.87. The van der Waals surface area contributed by atoms with Crippen molar-refractivity contribution in [1.29, 1.82) is 0 Å². The molecule has 19 heavy (non-hydrogen) atoms. The Balaban J connectivity index is 2.26. The summed E-state index contributed by atoms with van der Waals surface area (Å²) in [6.07, 6.45) is 1.36. The van der Waals surface area contributed by atoms with Crippen LogP contribution in [0.5, 0.6) is 5.75 Å². The molecule has 1 aromatic carbocycles. The quantitative estimate of drug-likeness (QED) is 0.724. The highest BCUT2D eigenvalue weighted by Crippen LogP contribution is 2.27. The number of ether oxygens (including phenoxy) is 1. The zero-order valence-electron chi connectivity index (χ0n) is 10.0. The molecule has 0 aliphatic heterocycles. The van der Waals surface area contributed by atoms with Crippen LogP contribution in [0.2, 0.25) is 5.15 Å². The van der Waals surface area contributed by atoms with E-state index in [1.54, 1.807) is 11.7 Å². The van der Waals surface area contributed by atoms with Crippen molar-refractivity contribution in [2.75, 3.05) is 12.8 Å². The number of aromatic nitrogens is 4. The van der Waals surface area contributed by atoms with Crippen LogP contribution in [0.4, 0.5) is 5.95 Å². The highest BCUT2D eigenvalue weighted by molar-refractivity contribution is 6.33. The largest absolute Gasteiger partial charge is 0.497 e. The lowest BCUT2D eigenvalue weighted by atomic mass is 10.3. The zero-order chi connectivity index (χ0) is 13.4. The van der Waals surface area contributed by atoms with E-state index < -0.39 is 0 Å². The predicted molar refractivity (Wildman–Crippen MR) is 72.6 cm³/mol. The standard InChI is InChI=1S/C12H10ClN5O/c1-19-8-4-2-7(3-5-8)18-9-10(13)15-6-16-11(9)17-12(18)14/h2-6H,1H3,(H2,14,15,16,17). The number of nitrogens with zero attached hydrogens (tertiary/aromatic N) is 4. The van der Waals surface area contributed by atoms with Crippen LogP contribution in [0.3, 0.4) is 0 Å². The van der Waals surface area contributed by atoms with Gasteiger partial charge < -0.3 is 10.5 Å². The normalized spacial score (nSPS) is 10.8. The number of hydrogen-bond acceptors (Lipinski definition) is 5. The Morgan fingerprint density at radius 3 is 2.63 bits per heavy atom. The summed E-state index contributed by atoms with van der Waals surface area (Å²) >= 11 is 6.09. The summed E-state index contributed by atoms with van der Waals surface area (Å²) < 4.78 is 6.83. The molecule has 0 bridgehead atoms. The molecule has 0 aliphatic carbocycles. The number of halogens is 1. The fourth-order valence-corrected chi connectivity index (χ4v) is 2.10. The van der Waals surface area contributed by atoms with Crippen LogP contribution in [0, 0.1) is 0 Å². The number of benzene rings is 1. The Morgan fingerprint density at radius 1 is 1.21 bits per heavy atom. The minimum atomic E-state index is 0.308. The molecule has 2 N–H and O–H groups in total. The topological polar surface area (TPSA) is 78.9 Å². The Kier molecular flexibility index (Phi) is 2.72. The molecule has 7 heteroatoms. The second-order valence-corrected chi connectivity index (χ2v) is 4.20. The van der Waals surface area contributed by atoms with Gasteiger partial charge in [0.05, 0.1) is 7.11 Å². The third kappa shape index (κ3) is 1.86. The summed E-state index contributed by atoms with van der Waals surface area (Å²) in [5.74, 6) is 1.07. The molecule has 96 valence electrons. The van der Waals surface area contributed by atoms with Gasteiger partial charge in [0, 0.05) is 5.69 Å². The molecule has 6 nitrogen and oxygen atoms in total. The van der Waals surface area contributed by atoms with Crippen molar-refractivity contribution in [3.05, 3.63) is 35.7 Å². The molecule has 0 amide bonds. The van der Waals surface area contributed by atoms with E-state index in [1.807, 2.05) is 24.3 Å². The minimum absolute atomic E-state index is 0.308. The zero-order valence-corrected chi connectivity index (χ0v) is 10.8. The second-order valence-electron chi connectivity index (χ2n) is 3.84. The van der Waals surface area contributed by atoms with Gasteiger partial charge in [-0.15, -0.1) is 0 Å². The Morgan fingerprint density at radius 2 is 1.95 bits per heavy atom. The Hall–Kier alpha value is -2.34. The lowest BCUT2D eigenvalue weighted by molar-refractivity contribution is 0.415. The first kappa shape index (κ1) is 11.7. The van der Waals surface area contributed by atoms with Crippen molar-refractivity contribution in [3.63, 3.8) is 0 Å². The number of rotatable bonds is 2. The first-order valence-electron chi connectivity index (χ1n) is 5.49. The van der Waals surface area contributed by atoms with E-state index in [1.165, 1.54) is 6.33 Å². The molecule has 0 spiro atoms. The molecule has 0 aliphatic rings. The Bertz CT molecular complexity index is 738. The number of imidazole rings is 1. The maximum absolute atomic E-state index is 6.09. The van der Waals surface area contributed by atoms with Crippen molar-refractivity contribution >= 4 is 28.7 Å². The molecule has 3 aromatic rings. The van der Waals surface area contributed by atoms with Crippen LogP contribution < -0.4 is 10.5 Å². The van der Waals surface area contributed by atoms with Crippen LogP contribution >= 0.6 is 11.6 Å². The lowest BCUT2D eigenvalue weighted by Crippen LogP contribution is -2.01. The molecular formula is C12H10ClN5O. The van der Waals surface area contributed by atoms with Crippen molar-refractivity contribution in [2.24, 2.45) is 0 Å². The molecular weight excluding hydrogens is 266 g/mol. The maximum atomic E-state index is 6.09. The van der Waals surface area contributed by atoms with Gasteiger partial charge in [0.25, 0.3) is 0 Å².